The molecule has 0 spiro atoms. The molecule has 0 heterocycles. The number of halogens is 2. The summed E-state index contributed by atoms with van der Waals surface area (Å²) < 4.78 is 14.1. The molecule has 0 aromatic heterocycles. The molecule has 1 aromatic rings. The van der Waals surface area contributed by atoms with Gasteiger partial charge in [0, 0.05) is 16.6 Å². The predicted molar refractivity (Wildman–Crippen MR) is 74.3 cm³/mol. The van der Waals surface area contributed by atoms with Gasteiger partial charge in [-0.1, -0.05) is 37.9 Å². The maximum atomic E-state index is 14.1. The van der Waals surface area contributed by atoms with Crippen LogP contribution in [0.25, 0.3) is 0 Å². The van der Waals surface area contributed by atoms with Crippen molar-refractivity contribution in [2.75, 3.05) is 7.05 Å². The maximum absolute atomic E-state index is 14.1. The van der Waals surface area contributed by atoms with Gasteiger partial charge in [-0.3, -0.25) is 0 Å². The highest BCUT2D eigenvalue weighted by atomic mass is 35.5. The summed E-state index contributed by atoms with van der Waals surface area (Å²) in [5.41, 5.74) is 1.00. The van der Waals surface area contributed by atoms with Crippen molar-refractivity contribution in [2.24, 2.45) is 11.3 Å². The predicted octanol–water partition coefficient (Wildman–Crippen LogP) is 4.57. The average molecular weight is 270 g/mol. The number of rotatable bonds is 3. The van der Waals surface area contributed by atoms with Crippen molar-refractivity contribution in [3.63, 3.8) is 0 Å². The van der Waals surface area contributed by atoms with Crippen LogP contribution < -0.4 is 5.32 Å². The van der Waals surface area contributed by atoms with Crippen molar-refractivity contribution in [3.05, 3.63) is 34.6 Å². The molecule has 3 heteroatoms. The number of benzene rings is 1. The van der Waals surface area contributed by atoms with Crippen LogP contribution in [0.3, 0.4) is 0 Å². The van der Waals surface area contributed by atoms with Crippen LogP contribution in [0.5, 0.6) is 0 Å². The lowest BCUT2D eigenvalue weighted by molar-refractivity contribution is 0.201. The first-order valence-electron chi connectivity index (χ1n) is 6.58. The number of nitrogens with one attached hydrogen (secondary N) is 1. The van der Waals surface area contributed by atoms with E-state index in [9.17, 15) is 4.39 Å². The fourth-order valence-electron chi connectivity index (χ4n) is 3.30. The molecule has 1 saturated carbocycles. The van der Waals surface area contributed by atoms with Gasteiger partial charge in [0.15, 0.2) is 0 Å². The van der Waals surface area contributed by atoms with Gasteiger partial charge < -0.3 is 5.32 Å². The van der Waals surface area contributed by atoms with Crippen LogP contribution in [0.1, 0.15) is 44.7 Å². The Morgan fingerprint density at radius 2 is 2.17 bits per heavy atom. The molecule has 18 heavy (non-hydrogen) atoms. The summed E-state index contributed by atoms with van der Waals surface area (Å²) in [5.74, 6) is 0.266. The molecule has 100 valence electrons. The van der Waals surface area contributed by atoms with E-state index in [2.05, 4.69) is 19.2 Å². The molecule has 0 saturated heterocycles. The van der Waals surface area contributed by atoms with Crippen molar-refractivity contribution in [1.82, 2.24) is 5.32 Å². The third kappa shape index (κ3) is 2.55. The quantitative estimate of drug-likeness (QED) is 0.848. The maximum Gasteiger partial charge on any atom is 0.129 e. The molecule has 1 N–H and O–H groups in total. The Kier molecular flexibility index (Phi) is 3.98. The Balaban J connectivity index is 2.33. The van der Waals surface area contributed by atoms with Crippen LogP contribution in [-0.2, 0) is 0 Å². The zero-order valence-corrected chi connectivity index (χ0v) is 12.0. The molecule has 0 bridgehead atoms. The zero-order valence-electron chi connectivity index (χ0n) is 11.3. The fourth-order valence-corrected chi connectivity index (χ4v) is 3.46. The summed E-state index contributed by atoms with van der Waals surface area (Å²) in [5, 5.41) is 3.75. The summed E-state index contributed by atoms with van der Waals surface area (Å²) in [6.45, 7) is 4.56. The van der Waals surface area contributed by atoms with Gasteiger partial charge in [0.1, 0.15) is 5.82 Å². The van der Waals surface area contributed by atoms with Gasteiger partial charge in [0.2, 0.25) is 0 Å². The van der Waals surface area contributed by atoms with E-state index in [0.717, 1.165) is 12.0 Å². The lowest BCUT2D eigenvalue weighted by atomic mass is 9.75. The fraction of sp³-hybridized carbons (Fsp3) is 0.600. The normalized spacial score (nSPS) is 24.2. The molecule has 0 radical (unpaired) electrons. The van der Waals surface area contributed by atoms with E-state index >= 15 is 0 Å². The molecule has 1 aliphatic rings. The Morgan fingerprint density at radius 1 is 1.44 bits per heavy atom. The van der Waals surface area contributed by atoms with E-state index in [1.54, 1.807) is 6.07 Å². The molecule has 2 unspecified atom stereocenters. The lowest BCUT2D eigenvalue weighted by Gasteiger charge is -2.34. The number of hydrogen-bond donors (Lipinski definition) is 1. The van der Waals surface area contributed by atoms with E-state index < -0.39 is 0 Å². The molecule has 2 rings (SSSR count). The van der Waals surface area contributed by atoms with Gasteiger partial charge >= 0.3 is 0 Å². The minimum atomic E-state index is -0.204. The van der Waals surface area contributed by atoms with E-state index in [1.807, 2.05) is 13.1 Å². The summed E-state index contributed by atoms with van der Waals surface area (Å²) in [4.78, 5) is 0. The van der Waals surface area contributed by atoms with Crippen molar-refractivity contribution in [3.8, 4) is 0 Å². The number of hydrogen-bond acceptors (Lipinski definition) is 1. The third-order valence-electron chi connectivity index (χ3n) is 4.35. The molecule has 1 nitrogen and oxygen atoms in total. The monoisotopic (exact) mass is 269 g/mol. The summed E-state index contributed by atoms with van der Waals surface area (Å²) in [7, 11) is 1.91. The summed E-state index contributed by atoms with van der Waals surface area (Å²) >= 11 is 5.82. The molecule has 2 atom stereocenters. The molecule has 1 aromatic carbocycles. The molecular formula is C15H21ClFN. The van der Waals surface area contributed by atoms with Gasteiger partial charge in [-0.25, -0.2) is 4.39 Å². The summed E-state index contributed by atoms with van der Waals surface area (Å²) in [6.07, 6.45) is 3.59. The Hall–Kier alpha value is -0.600. The molecule has 1 fully saturated rings. The Labute approximate surface area is 114 Å². The van der Waals surface area contributed by atoms with Gasteiger partial charge in [0.25, 0.3) is 0 Å². The highest BCUT2D eigenvalue weighted by molar-refractivity contribution is 6.30. The second-order valence-corrected chi connectivity index (χ2v) is 6.36. The van der Waals surface area contributed by atoms with Crippen molar-refractivity contribution < 1.29 is 4.39 Å². The van der Waals surface area contributed by atoms with Crippen LogP contribution in [0.4, 0.5) is 4.39 Å². The Bertz CT molecular complexity index is 431. The van der Waals surface area contributed by atoms with Crippen LogP contribution >= 0.6 is 11.6 Å². The van der Waals surface area contributed by atoms with Gasteiger partial charge in [-0.15, -0.1) is 0 Å². The van der Waals surface area contributed by atoms with E-state index in [0.29, 0.717) is 10.9 Å². The molecule has 1 aliphatic carbocycles. The SMILES string of the molecule is CNC(c1ccc(Cl)cc1F)C1CCCC1(C)C. The first-order valence-corrected chi connectivity index (χ1v) is 6.96. The first-order chi connectivity index (χ1) is 8.45. The first kappa shape index (κ1) is 13.8. The van der Waals surface area contributed by atoms with E-state index in [-0.39, 0.29) is 17.3 Å². The van der Waals surface area contributed by atoms with E-state index in [1.165, 1.54) is 18.9 Å². The van der Waals surface area contributed by atoms with Crippen molar-refractivity contribution in [1.29, 1.82) is 0 Å². The highest BCUT2D eigenvalue weighted by Crippen LogP contribution is 2.48. The van der Waals surface area contributed by atoms with Crippen LogP contribution in [0.2, 0.25) is 5.02 Å². The second-order valence-electron chi connectivity index (χ2n) is 5.92. The Morgan fingerprint density at radius 3 is 2.67 bits per heavy atom. The van der Waals surface area contributed by atoms with Crippen molar-refractivity contribution >= 4 is 11.6 Å². The van der Waals surface area contributed by atoms with Gasteiger partial charge in [-0.05, 0) is 43.4 Å². The highest BCUT2D eigenvalue weighted by Gasteiger charge is 2.40. The van der Waals surface area contributed by atoms with Gasteiger partial charge in [-0.2, -0.15) is 0 Å². The lowest BCUT2D eigenvalue weighted by Crippen LogP contribution is -2.32. The minimum absolute atomic E-state index is 0.0692. The van der Waals surface area contributed by atoms with E-state index in [4.69, 9.17) is 11.6 Å². The molecular weight excluding hydrogens is 249 g/mol. The molecule has 0 aliphatic heterocycles. The third-order valence-corrected chi connectivity index (χ3v) is 4.59. The summed E-state index contributed by atoms with van der Waals surface area (Å²) in [6, 6.07) is 5.06. The topological polar surface area (TPSA) is 12.0 Å². The molecule has 0 amide bonds. The van der Waals surface area contributed by atoms with Gasteiger partial charge in [0.05, 0.1) is 0 Å². The zero-order chi connectivity index (χ0) is 13.3. The average Bonchev–Trinajstić information content (AvgIpc) is 2.63. The van der Waals surface area contributed by atoms with Crippen LogP contribution in [0.15, 0.2) is 18.2 Å². The van der Waals surface area contributed by atoms with Crippen LogP contribution in [-0.4, -0.2) is 7.05 Å². The smallest absolute Gasteiger partial charge is 0.129 e. The van der Waals surface area contributed by atoms with Crippen molar-refractivity contribution in [2.45, 2.75) is 39.2 Å². The standard InChI is InChI=1S/C15H21ClFN/c1-15(2)8-4-5-12(15)14(18-3)11-7-6-10(16)9-13(11)17/h6-7,9,12,14,18H,4-5,8H2,1-3H3. The van der Waals surface area contributed by atoms with Crippen LogP contribution in [0, 0.1) is 17.2 Å². The minimum Gasteiger partial charge on any atom is -0.313 e. The second kappa shape index (κ2) is 5.18. The largest absolute Gasteiger partial charge is 0.313 e.